The zero-order valence-electron chi connectivity index (χ0n) is 32.2. The summed E-state index contributed by atoms with van der Waals surface area (Å²) in [6.07, 6.45) is 0. The molecule has 0 unspecified atom stereocenters. The largest absolute Gasteiger partial charge is 0.292 e. The summed E-state index contributed by atoms with van der Waals surface area (Å²) in [6, 6.07) is 68.3. The van der Waals surface area contributed by atoms with Crippen LogP contribution in [0, 0.1) is 0 Å². The summed E-state index contributed by atoms with van der Waals surface area (Å²) in [7, 11) is 0. The minimum absolute atomic E-state index is 0.155. The Hall–Kier alpha value is -7.36. The van der Waals surface area contributed by atoms with E-state index in [2.05, 4.69) is 206 Å². The maximum atomic E-state index is 5.72. The minimum atomic E-state index is -0.155. The molecule has 3 nitrogen and oxygen atoms in total. The van der Waals surface area contributed by atoms with Crippen LogP contribution in [0.15, 0.2) is 188 Å². The third-order valence-electron chi connectivity index (χ3n) is 12.5. The Bertz CT molecular complexity index is 3480. The molecular formula is C55H37N3. The Morgan fingerprint density at radius 2 is 1.02 bits per heavy atom. The van der Waals surface area contributed by atoms with Crippen LogP contribution < -0.4 is 0 Å². The second kappa shape index (κ2) is 12.3. The molecule has 0 saturated heterocycles. The van der Waals surface area contributed by atoms with Crippen molar-refractivity contribution in [2.45, 2.75) is 19.3 Å². The number of rotatable bonds is 4. The molecule has 0 radical (unpaired) electrons. The van der Waals surface area contributed by atoms with Crippen LogP contribution in [0.3, 0.4) is 0 Å². The Balaban J connectivity index is 1.21. The van der Waals surface area contributed by atoms with Gasteiger partial charge in [-0.2, -0.15) is 0 Å². The van der Waals surface area contributed by atoms with Gasteiger partial charge in [0.05, 0.1) is 22.1 Å². The molecule has 58 heavy (non-hydrogen) atoms. The molecule has 0 fully saturated rings. The van der Waals surface area contributed by atoms with E-state index >= 15 is 0 Å². The average molecular weight is 740 g/mol. The number of fused-ring (bicyclic) bond motifs is 9. The maximum Gasteiger partial charge on any atom is 0.165 e. The molecule has 11 aromatic rings. The molecule has 0 saturated carbocycles. The second-order valence-corrected chi connectivity index (χ2v) is 16.2. The molecule has 0 atom stereocenters. The third-order valence-corrected chi connectivity index (χ3v) is 12.5. The van der Waals surface area contributed by atoms with E-state index in [1.54, 1.807) is 0 Å². The first-order valence-electron chi connectivity index (χ1n) is 20.1. The average Bonchev–Trinajstić information content (AvgIpc) is 3.71. The smallest absolute Gasteiger partial charge is 0.165 e. The molecule has 2 heterocycles. The first-order chi connectivity index (χ1) is 28.5. The lowest BCUT2D eigenvalue weighted by atomic mass is 9.82. The molecule has 0 bridgehead atoms. The number of benzene rings is 9. The van der Waals surface area contributed by atoms with Crippen molar-refractivity contribution in [3.8, 4) is 50.5 Å². The molecule has 0 N–H and O–H groups in total. The van der Waals surface area contributed by atoms with Gasteiger partial charge in [-0.1, -0.05) is 166 Å². The topological polar surface area (TPSA) is 30.7 Å². The molecular weight excluding hydrogens is 703 g/mol. The number of hydrogen-bond donors (Lipinski definition) is 0. The third kappa shape index (κ3) is 4.86. The van der Waals surface area contributed by atoms with Gasteiger partial charge in [0.15, 0.2) is 5.82 Å². The van der Waals surface area contributed by atoms with Gasteiger partial charge in [-0.25, -0.2) is 9.97 Å². The van der Waals surface area contributed by atoms with Gasteiger partial charge >= 0.3 is 0 Å². The van der Waals surface area contributed by atoms with Crippen molar-refractivity contribution in [3.05, 3.63) is 199 Å². The van der Waals surface area contributed by atoms with Gasteiger partial charge in [-0.15, -0.1) is 0 Å². The summed E-state index contributed by atoms with van der Waals surface area (Å²) >= 11 is 0. The zero-order valence-corrected chi connectivity index (χ0v) is 32.2. The van der Waals surface area contributed by atoms with Gasteiger partial charge < -0.3 is 0 Å². The molecule has 1 aliphatic carbocycles. The van der Waals surface area contributed by atoms with Crippen LogP contribution in [0.5, 0.6) is 0 Å². The van der Waals surface area contributed by atoms with Crippen molar-refractivity contribution >= 4 is 54.4 Å². The first kappa shape index (κ1) is 32.8. The Labute approximate surface area is 336 Å². The van der Waals surface area contributed by atoms with Crippen LogP contribution in [0.4, 0.5) is 0 Å². The summed E-state index contributed by atoms with van der Waals surface area (Å²) in [5.41, 5.74) is 15.5. The zero-order chi connectivity index (χ0) is 38.5. The van der Waals surface area contributed by atoms with Crippen molar-refractivity contribution < 1.29 is 0 Å². The van der Waals surface area contributed by atoms with Gasteiger partial charge in [-0.3, -0.25) is 4.57 Å². The Kier molecular flexibility index (Phi) is 6.98. The van der Waals surface area contributed by atoms with E-state index in [4.69, 9.17) is 9.97 Å². The summed E-state index contributed by atoms with van der Waals surface area (Å²) in [5, 5.41) is 7.23. The number of aromatic nitrogens is 3. The predicted molar refractivity (Wildman–Crippen MR) is 243 cm³/mol. The predicted octanol–water partition coefficient (Wildman–Crippen LogP) is 14.3. The van der Waals surface area contributed by atoms with Gasteiger partial charge in [0.2, 0.25) is 0 Å². The van der Waals surface area contributed by atoms with E-state index in [0.29, 0.717) is 0 Å². The van der Waals surface area contributed by atoms with E-state index in [9.17, 15) is 0 Å². The summed E-state index contributed by atoms with van der Waals surface area (Å²) < 4.78 is 2.39. The second-order valence-electron chi connectivity index (χ2n) is 16.2. The Morgan fingerprint density at radius 1 is 0.397 bits per heavy atom. The molecule has 0 spiro atoms. The molecule has 0 aliphatic heterocycles. The quantitative estimate of drug-likeness (QED) is 0.180. The standard InChI is InChI=1S/C55H37N3/c1-55(2)46-21-11-10-19-43(46)52-44(20-12-22-47(52)55)53-54(57-49-31-40(26-28-48(49)56-53)34-13-4-3-5-14-34)58-50-33-41(39-24-23-35-15-6-7-16-36(35)29-39)25-27-42(50)45-30-37-17-8-9-18-38(37)32-51(45)58/h3-33H,1-2H3. The number of hydrogen-bond acceptors (Lipinski definition) is 2. The van der Waals surface area contributed by atoms with Crippen molar-refractivity contribution in [1.29, 1.82) is 0 Å². The van der Waals surface area contributed by atoms with Crippen molar-refractivity contribution in [2.75, 3.05) is 0 Å². The van der Waals surface area contributed by atoms with E-state index in [1.165, 1.54) is 60.1 Å². The lowest BCUT2D eigenvalue weighted by molar-refractivity contribution is 0.660. The van der Waals surface area contributed by atoms with E-state index < -0.39 is 0 Å². The Morgan fingerprint density at radius 3 is 1.86 bits per heavy atom. The van der Waals surface area contributed by atoms with E-state index in [0.717, 1.165) is 55.8 Å². The van der Waals surface area contributed by atoms with Crippen LogP contribution in [0.2, 0.25) is 0 Å². The van der Waals surface area contributed by atoms with Crippen LogP contribution in [-0.4, -0.2) is 14.5 Å². The highest BCUT2D eigenvalue weighted by Gasteiger charge is 2.37. The number of nitrogens with zero attached hydrogens (tertiary/aromatic N) is 3. The van der Waals surface area contributed by atoms with Crippen LogP contribution >= 0.6 is 0 Å². The van der Waals surface area contributed by atoms with Gasteiger partial charge in [0.1, 0.15) is 5.69 Å². The molecule has 272 valence electrons. The lowest BCUT2D eigenvalue weighted by Crippen LogP contribution is -2.14. The molecule has 1 aliphatic rings. The highest BCUT2D eigenvalue weighted by molar-refractivity contribution is 6.15. The van der Waals surface area contributed by atoms with Gasteiger partial charge in [0, 0.05) is 21.8 Å². The summed E-state index contributed by atoms with van der Waals surface area (Å²) in [6.45, 7) is 4.68. The van der Waals surface area contributed by atoms with Crippen molar-refractivity contribution in [2.24, 2.45) is 0 Å². The van der Waals surface area contributed by atoms with Crippen LogP contribution in [-0.2, 0) is 5.41 Å². The van der Waals surface area contributed by atoms with E-state index in [1.807, 2.05) is 0 Å². The summed E-state index contributed by atoms with van der Waals surface area (Å²) in [5.74, 6) is 0.819. The van der Waals surface area contributed by atoms with Gasteiger partial charge in [0.25, 0.3) is 0 Å². The minimum Gasteiger partial charge on any atom is -0.292 e. The maximum absolute atomic E-state index is 5.72. The first-order valence-corrected chi connectivity index (χ1v) is 20.1. The SMILES string of the molecule is CC1(C)c2ccccc2-c2c(-c3nc4ccc(-c5ccccc5)cc4nc3-n3c4cc(-c5ccc6ccccc6c5)ccc4c4cc5ccccc5cc43)cccc21. The summed E-state index contributed by atoms with van der Waals surface area (Å²) in [4.78, 5) is 11.4. The van der Waals surface area contributed by atoms with Crippen molar-refractivity contribution in [3.63, 3.8) is 0 Å². The van der Waals surface area contributed by atoms with E-state index in [-0.39, 0.29) is 5.41 Å². The fourth-order valence-electron chi connectivity index (χ4n) is 9.62. The molecule has 12 rings (SSSR count). The fourth-order valence-corrected chi connectivity index (χ4v) is 9.62. The monoisotopic (exact) mass is 739 g/mol. The highest BCUT2D eigenvalue weighted by Crippen LogP contribution is 2.52. The molecule has 9 aromatic carbocycles. The van der Waals surface area contributed by atoms with Crippen LogP contribution in [0.25, 0.3) is 105 Å². The molecule has 3 heteroatoms. The molecule has 0 amide bonds. The normalized spacial score (nSPS) is 13.1. The van der Waals surface area contributed by atoms with Crippen LogP contribution in [0.1, 0.15) is 25.0 Å². The van der Waals surface area contributed by atoms with Crippen molar-refractivity contribution in [1.82, 2.24) is 14.5 Å². The fraction of sp³-hybridized carbons (Fsp3) is 0.0545. The lowest BCUT2D eigenvalue weighted by Gasteiger charge is -2.22. The molecule has 2 aromatic heterocycles. The van der Waals surface area contributed by atoms with Gasteiger partial charge in [-0.05, 0) is 102 Å². The highest BCUT2D eigenvalue weighted by atomic mass is 15.1.